The van der Waals surface area contributed by atoms with E-state index in [1.54, 1.807) is 31.4 Å². The van der Waals surface area contributed by atoms with Gasteiger partial charge in [0.25, 0.3) is 5.56 Å². The van der Waals surface area contributed by atoms with E-state index in [4.69, 9.17) is 4.74 Å². The number of nitrogens with one attached hydrogen (secondary N) is 2. The molecule has 2 aromatic heterocycles. The van der Waals surface area contributed by atoms with Gasteiger partial charge in [-0.2, -0.15) is 16.7 Å². The van der Waals surface area contributed by atoms with Crippen molar-refractivity contribution in [3.63, 3.8) is 0 Å². The molecule has 0 aliphatic carbocycles. The summed E-state index contributed by atoms with van der Waals surface area (Å²) in [5, 5.41) is 6.00. The topological polar surface area (TPSA) is 123 Å². The fourth-order valence-corrected chi connectivity index (χ4v) is 5.24. The summed E-state index contributed by atoms with van der Waals surface area (Å²) < 4.78 is 7.94. The van der Waals surface area contributed by atoms with Crippen LogP contribution in [-0.4, -0.2) is 56.7 Å². The van der Waals surface area contributed by atoms with Gasteiger partial charge in [0, 0.05) is 55.3 Å². The Bertz CT molecular complexity index is 1690. The van der Waals surface area contributed by atoms with Gasteiger partial charge in [-0.25, -0.2) is 14.3 Å². The number of carbonyl (C=O) groups excluding carboxylic acids is 1. The molecule has 2 N–H and O–H groups in total. The molecule has 3 heterocycles. The minimum Gasteiger partial charge on any atom is -0.494 e. The molecule has 2 aromatic carbocycles. The molecule has 12 heteroatoms. The van der Waals surface area contributed by atoms with Gasteiger partial charge in [0.1, 0.15) is 11.1 Å². The van der Waals surface area contributed by atoms with Crippen LogP contribution in [0.15, 0.2) is 70.9 Å². The first-order valence-corrected chi connectivity index (χ1v) is 13.4. The predicted octanol–water partition coefficient (Wildman–Crippen LogP) is 2.91. The number of nitrogens with zero attached hydrogens (tertiary/aromatic N) is 5. The molecule has 1 amide bonds. The standard InChI is InChI=1S/C27H27N7O4S/c1-4-23(35)29-17-6-5-7-19(14-17)34-24-20(25(36)32(2)27(34)37)16-28-26(31-24)30-21-9-8-18(15-22(21)38-3)33-10-12-39-13-11-33/h4-9,14-16H,1,10-13H2,2-3H3,(H,29,35)(H,28,30,31). The molecule has 0 spiro atoms. The highest BCUT2D eigenvalue weighted by molar-refractivity contribution is 7.99. The lowest BCUT2D eigenvalue weighted by Gasteiger charge is -2.29. The second-order valence-electron chi connectivity index (χ2n) is 8.77. The van der Waals surface area contributed by atoms with Crippen LogP contribution in [0.3, 0.4) is 0 Å². The Morgan fingerprint density at radius 3 is 2.67 bits per heavy atom. The van der Waals surface area contributed by atoms with Crippen LogP contribution >= 0.6 is 11.8 Å². The monoisotopic (exact) mass is 545 g/mol. The molecule has 1 saturated heterocycles. The maximum absolute atomic E-state index is 13.3. The minimum absolute atomic E-state index is 0.120. The fourth-order valence-electron chi connectivity index (χ4n) is 4.33. The van der Waals surface area contributed by atoms with E-state index in [9.17, 15) is 14.4 Å². The number of ether oxygens (including phenoxy) is 1. The zero-order chi connectivity index (χ0) is 27.5. The van der Waals surface area contributed by atoms with Crippen LogP contribution in [0.25, 0.3) is 16.7 Å². The van der Waals surface area contributed by atoms with Gasteiger partial charge < -0.3 is 20.3 Å². The Hall–Kier alpha value is -4.58. The second-order valence-corrected chi connectivity index (χ2v) is 9.99. The van der Waals surface area contributed by atoms with Crippen molar-refractivity contribution in [2.45, 2.75) is 0 Å². The molecular weight excluding hydrogens is 518 g/mol. The predicted molar refractivity (Wildman–Crippen MR) is 155 cm³/mol. The number of fused-ring (bicyclic) bond motifs is 1. The van der Waals surface area contributed by atoms with Gasteiger partial charge in [-0.15, -0.1) is 0 Å². The van der Waals surface area contributed by atoms with E-state index in [0.717, 1.165) is 40.9 Å². The number of amides is 1. The maximum Gasteiger partial charge on any atom is 0.337 e. The van der Waals surface area contributed by atoms with Crippen molar-refractivity contribution < 1.29 is 9.53 Å². The smallest absolute Gasteiger partial charge is 0.337 e. The molecule has 5 rings (SSSR count). The minimum atomic E-state index is -0.592. The molecule has 200 valence electrons. The Morgan fingerprint density at radius 1 is 1.13 bits per heavy atom. The first-order valence-electron chi connectivity index (χ1n) is 12.2. The molecule has 1 aliphatic rings. The van der Waals surface area contributed by atoms with E-state index in [1.807, 2.05) is 30.0 Å². The Labute approximate surface area is 228 Å². The van der Waals surface area contributed by atoms with Crippen LogP contribution in [0.1, 0.15) is 0 Å². The Balaban J connectivity index is 1.57. The van der Waals surface area contributed by atoms with Gasteiger partial charge in [0.15, 0.2) is 5.65 Å². The summed E-state index contributed by atoms with van der Waals surface area (Å²) >= 11 is 1.94. The molecule has 0 saturated carbocycles. The molecule has 0 atom stereocenters. The van der Waals surface area contributed by atoms with Crippen LogP contribution in [0.2, 0.25) is 0 Å². The first-order chi connectivity index (χ1) is 18.9. The normalized spacial score (nSPS) is 13.2. The van der Waals surface area contributed by atoms with Crippen molar-refractivity contribution in [2.75, 3.05) is 47.2 Å². The van der Waals surface area contributed by atoms with Crippen LogP contribution in [-0.2, 0) is 11.8 Å². The van der Waals surface area contributed by atoms with Gasteiger partial charge in [0.05, 0.1) is 18.5 Å². The summed E-state index contributed by atoms with van der Waals surface area (Å²) in [5.74, 6) is 2.57. The lowest BCUT2D eigenvalue weighted by atomic mass is 10.2. The SMILES string of the molecule is C=CC(=O)Nc1cccc(-n2c(=O)n(C)c(=O)c3cnc(Nc4ccc(N5CCSCC5)cc4OC)nc32)c1. The van der Waals surface area contributed by atoms with E-state index < -0.39 is 17.2 Å². The Morgan fingerprint density at radius 2 is 1.92 bits per heavy atom. The number of methoxy groups -OCH3 is 1. The van der Waals surface area contributed by atoms with Crippen LogP contribution in [0.4, 0.5) is 23.0 Å². The lowest BCUT2D eigenvalue weighted by molar-refractivity contribution is -0.111. The second kappa shape index (κ2) is 11.0. The van der Waals surface area contributed by atoms with Crippen molar-refractivity contribution in [3.8, 4) is 11.4 Å². The number of carbonyl (C=O) groups is 1. The van der Waals surface area contributed by atoms with Crippen molar-refractivity contribution in [1.29, 1.82) is 0 Å². The highest BCUT2D eigenvalue weighted by Crippen LogP contribution is 2.32. The summed E-state index contributed by atoms with van der Waals surface area (Å²) in [6.45, 7) is 5.40. The molecule has 0 unspecified atom stereocenters. The van der Waals surface area contributed by atoms with Crippen molar-refractivity contribution in [2.24, 2.45) is 7.05 Å². The van der Waals surface area contributed by atoms with Crippen LogP contribution < -0.4 is 31.5 Å². The van der Waals surface area contributed by atoms with E-state index in [1.165, 1.54) is 17.8 Å². The third-order valence-electron chi connectivity index (χ3n) is 6.36. The number of hydrogen-bond donors (Lipinski definition) is 2. The summed E-state index contributed by atoms with van der Waals surface area (Å²) in [6, 6.07) is 12.5. The number of thioether (sulfide) groups is 1. The molecule has 0 bridgehead atoms. The third-order valence-corrected chi connectivity index (χ3v) is 7.30. The molecule has 39 heavy (non-hydrogen) atoms. The van der Waals surface area contributed by atoms with Crippen molar-refractivity contribution >= 4 is 51.7 Å². The largest absolute Gasteiger partial charge is 0.494 e. The van der Waals surface area contributed by atoms with E-state index in [-0.39, 0.29) is 17.0 Å². The average molecular weight is 546 g/mol. The molecular formula is C27H27N7O4S. The van der Waals surface area contributed by atoms with E-state index in [2.05, 4.69) is 32.1 Å². The quantitative estimate of drug-likeness (QED) is 0.338. The van der Waals surface area contributed by atoms with Gasteiger partial charge in [-0.05, 0) is 36.4 Å². The fraction of sp³-hybridized carbons (Fsp3) is 0.222. The number of benzene rings is 2. The zero-order valence-electron chi connectivity index (χ0n) is 21.5. The number of hydrogen-bond acceptors (Lipinski definition) is 9. The number of rotatable bonds is 7. The van der Waals surface area contributed by atoms with E-state index >= 15 is 0 Å². The van der Waals surface area contributed by atoms with Gasteiger partial charge >= 0.3 is 5.69 Å². The van der Waals surface area contributed by atoms with Gasteiger partial charge in [-0.1, -0.05) is 12.6 Å². The molecule has 4 aromatic rings. The summed E-state index contributed by atoms with van der Waals surface area (Å²) in [5.41, 5.74) is 1.58. The van der Waals surface area contributed by atoms with Crippen molar-refractivity contribution in [3.05, 3.63) is 82.2 Å². The molecule has 11 nitrogen and oxygen atoms in total. The molecule has 0 radical (unpaired) electrons. The van der Waals surface area contributed by atoms with Gasteiger partial charge in [-0.3, -0.25) is 14.2 Å². The highest BCUT2D eigenvalue weighted by Gasteiger charge is 2.18. The highest BCUT2D eigenvalue weighted by atomic mass is 32.2. The number of aromatic nitrogens is 4. The molecule has 1 aliphatic heterocycles. The summed E-state index contributed by atoms with van der Waals surface area (Å²) in [4.78, 5) is 49.2. The summed E-state index contributed by atoms with van der Waals surface area (Å²) in [6.07, 6.45) is 2.54. The van der Waals surface area contributed by atoms with Gasteiger partial charge in [0.2, 0.25) is 11.9 Å². The van der Waals surface area contributed by atoms with Crippen LogP contribution in [0, 0.1) is 0 Å². The number of anilines is 4. The van der Waals surface area contributed by atoms with E-state index in [0.29, 0.717) is 22.8 Å². The molecule has 1 fully saturated rings. The zero-order valence-corrected chi connectivity index (χ0v) is 22.3. The van der Waals surface area contributed by atoms with Crippen molar-refractivity contribution in [1.82, 2.24) is 19.1 Å². The lowest BCUT2D eigenvalue weighted by Crippen LogP contribution is -2.38. The third kappa shape index (κ3) is 5.23. The average Bonchev–Trinajstić information content (AvgIpc) is 2.97. The summed E-state index contributed by atoms with van der Waals surface area (Å²) in [7, 11) is 2.99. The first kappa shape index (κ1) is 26.0. The maximum atomic E-state index is 13.3. The van der Waals surface area contributed by atoms with Crippen LogP contribution in [0.5, 0.6) is 5.75 Å². The Kier molecular flexibility index (Phi) is 7.37.